The van der Waals surface area contributed by atoms with Gasteiger partial charge in [-0.05, 0) is 29.0 Å². The highest BCUT2D eigenvalue weighted by molar-refractivity contribution is 6.05. The maximum absolute atomic E-state index is 13.1. The first-order chi connectivity index (χ1) is 15.1. The monoisotopic (exact) mass is 461 g/mol. The van der Waals surface area contributed by atoms with Gasteiger partial charge >= 0.3 is 6.18 Å². The lowest BCUT2D eigenvalue weighted by molar-refractivity contribution is -0.141. The van der Waals surface area contributed by atoms with Crippen molar-refractivity contribution in [2.24, 2.45) is 7.05 Å². The van der Waals surface area contributed by atoms with Gasteiger partial charge in [-0.1, -0.05) is 12.0 Å². The highest BCUT2D eigenvalue weighted by Gasteiger charge is 2.34. The van der Waals surface area contributed by atoms with Gasteiger partial charge in [0.15, 0.2) is 18.3 Å². The SMILES string of the molecule is CCCn1nnnc1NC(=O)c1ccc(C(F)(F)F)nc1OCc1nc(C(F)F)n(C)n1. The van der Waals surface area contributed by atoms with Gasteiger partial charge in [-0.25, -0.2) is 28.1 Å². The van der Waals surface area contributed by atoms with Crippen LogP contribution in [0.1, 0.15) is 47.5 Å². The molecule has 0 fully saturated rings. The lowest BCUT2D eigenvalue weighted by Gasteiger charge is -2.12. The van der Waals surface area contributed by atoms with Crippen molar-refractivity contribution in [2.45, 2.75) is 39.1 Å². The van der Waals surface area contributed by atoms with E-state index >= 15 is 0 Å². The summed E-state index contributed by atoms with van der Waals surface area (Å²) in [7, 11) is 1.22. The molecule has 0 bridgehead atoms. The first-order valence-electron chi connectivity index (χ1n) is 9.06. The zero-order valence-electron chi connectivity index (χ0n) is 16.6. The molecule has 3 aromatic heterocycles. The topological polar surface area (TPSA) is 126 Å². The number of nitrogens with one attached hydrogen (secondary N) is 1. The maximum Gasteiger partial charge on any atom is 0.433 e. The van der Waals surface area contributed by atoms with Crippen LogP contribution in [-0.2, 0) is 26.4 Å². The van der Waals surface area contributed by atoms with E-state index in [-0.39, 0.29) is 17.3 Å². The van der Waals surface area contributed by atoms with E-state index in [4.69, 9.17) is 4.74 Å². The van der Waals surface area contributed by atoms with E-state index < -0.39 is 42.5 Å². The molecule has 11 nitrogen and oxygen atoms in total. The number of aromatic nitrogens is 8. The molecule has 0 saturated carbocycles. The third-order valence-electron chi connectivity index (χ3n) is 3.96. The molecule has 172 valence electrons. The highest BCUT2D eigenvalue weighted by Crippen LogP contribution is 2.30. The van der Waals surface area contributed by atoms with E-state index in [2.05, 4.69) is 35.9 Å². The number of amides is 1. The lowest BCUT2D eigenvalue weighted by atomic mass is 10.2. The number of halogens is 5. The van der Waals surface area contributed by atoms with Crippen LogP contribution < -0.4 is 10.1 Å². The van der Waals surface area contributed by atoms with Crippen LogP contribution in [0.15, 0.2) is 12.1 Å². The van der Waals surface area contributed by atoms with Gasteiger partial charge in [0.2, 0.25) is 11.8 Å². The van der Waals surface area contributed by atoms with E-state index in [0.29, 0.717) is 19.0 Å². The van der Waals surface area contributed by atoms with Gasteiger partial charge in [0.05, 0.1) is 0 Å². The second-order valence-corrected chi connectivity index (χ2v) is 6.33. The maximum atomic E-state index is 13.1. The first-order valence-corrected chi connectivity index (χ1v) is 9.06. The average molecular weight is 461 g/mol. The van der Waals surface area contributed by atoms with Crippen molar-refractivity contribution in [2.75, 3.05) is 5.32 Å². The van der Waals surface area contributed by atoms with Crippen LogP contribution in [0.3, 0.4) is 0 Å². The third-order valence-corrected chi connectivity index (χ3v) is 3.96. The second-order valence-electron chi connectivity index (χ2n) is 6.33. The van der Waals surface area contributed by atoms with Gasteiger partial charge in [-0.15, -0.1) is 0 Å². The Bertz CT molecular complexity index is 1100. The molecule has 0 aliphatic carbocycles. The fraction of sp³-hybridized carbons (Fsp3) is 0.438. The second kappa shape index (κ2) is 9.19. The molecule has 16 heteroatoms. The number of nitrogens with zero attached hydrogens (tertiary/aromatic N) is 8. The summed E-state index contributed by atoms with van der Waals surface area (Å²) in [5.41, 5.74) is -1.68. The minimum Gasteiger partial charge on any atom is -0.469 e. The van der Waals surface area contributed by atoms with Gasteiger partial charge in [-0.2, -0.15) is 18.3 Å². The quantitative estimate of drug-likeness (QED) is 0.507. The van der Waals surface area contributed by atoms with E-state index in [1.807, 2.05) is 6.92 Å². The Labute approximate surface area is 176 Å². The molecule has 0 aliphatic heterocycles. The molecule has 3 rings (SSSR count). The van der Waals surface area contributed by atoms with Crippen molar-refractivity contribution in [3.63, 3.8) is 0 Å². The van der Waals surface area contributed by atoms with Crippen LogP contribution in [0, 0.1) is 0 Å². The number of ether oxygens (including phenoxy) is 1. The number of carbonyl (C=O) groups is 1. The molecule has 1 amide bonds. The number of tetrazole rings is 1. The Morgan fingerprint density at radius 1 is 1.25 bits per heavy atom. The zero-order chi connectivity index (χ0) is 23.5. The number of hydrogen-bond acceptors (Lipinski definition) is 8. The molecule has 0 aromatic carbocycles. The van der Waals surface area contributed by atoms with Gasteiger partial charge in [0.1, 0.15) is 11.3 Å². The highest BCUT2D eigenvalue weighted by atomic mass is 19.4. The Morgan fingerprint density at radius 2 is 2.00 bits per heavy atom. The summed E-state index contributed by atoms with van der Waals surface area (Å²) in [6, 6.07) is 1.47. The van der Waals surface area contributed by atoms with Crippen LogP contribution >= 0.6 is 0 Å². The smallest absolute Gasteiger partial charge is 0.433 e. The van der Waals surface area contributed by atoms with Gasteiger partial charge < -0.3 is 4.74 Å². The summed E-state index contributed by atoms with van der Waals surface area (Å²) in [6.07, 6.45) is -7.07. The molecule has 0 radical (unpaired) electrons. The lowest BCUT2D eigenvalue weighted by Crippen LogP contribution is -2.19. The summed E-state index contributed by atoms with van der Waals surface area (Å²) in [6.45, 7) is 1.63. The predicted molar refractivity (Wildman–Crippen MR) is 95.6 cm³/mol. The molecule has 32 heavy (non-hydrogen) atoms. The molecular formula is C16H16F5N9O2. The van der Waals surface area contributed by atoms with Crippen LogP contribution in [0.5, 0.6) is 5.88 Å². The number of hydrogen-bond donors (Lipinski definition) is 1. The number of anilines is 1. The molecule has 0 atom stereocenters. The molecule has 0 saturated heterocycles. The normalized spacial score (nSPS) is 11.8. The van der Waals surface area contributed by atoms with Crippen molar-refractivity contribution < 1.29 is 31.5 Å². The fourth-order valence-corrected chi connectivity index (χ4v) is 2.54. The average Bonchev–Trinajstić information content (AvgIpc) is 3.32. The van der Waals surface area contributed by atoms with E-state index in [1.54, 1.807) is 0 Å². The summed E-state index contributed by atoms with van der Waals surface area (Å²) in [4.78, 5) is 19.6. The molecule has 1 N–H and O–H groups in total. The zero-order valence-corrected chi connectivity index (χ0v) is 16.6. The third kappa shape index (κ3) is 5.12. The Hall–Kier alpha value is -3.72. The Balaban J connectivity index is 1.87. The minimum absolute atomic E-state index is 0.0318. The number of alkyl halides is 5. The molecule has 3 heterocycles. The first kappa shape index (κ1) is 23.0. The van der Waals surface area contributed by atoms with Crippen molar-refractivity contribution in [3.05, 3.63) is 35.0 Å². The van der Waals surface area contributed by atoms with Crippen molar-refractivity contribution >= 4 is 11.9 Å². The number of carbonyl (C=O) groups excluding carboxylic acids is 1. The minimum atomic E-state index is -4.82. The fourth-order valence-electron chi connectivity index (χ4n) is 2.54. The van der Waals surface area contributed by atoms with Crippen LogP contribution in [0.2, 0.25) is 0 Å². The molecule has 0 unspecified atom stereocenters. The standard InChI is InChI=1S/C16H16F5N9O2/c1-3-6-30-15(25-27-28-30)24-13(31)8-4-5-9(16(19,20)21)22-14(8)32-7-10-23-12(11(17)18)29(2)26-10/h4-5,11H,3,6-7H2,1-2H3,(H,24,25,28,31). The Morgan fingerprint density at radius 3 is 2.62 bits per heavy atom. The number of aryl methyl sites for hydroxylation is 2. The van der Waals surface area contributed by atoms with E-state index in [0.717, 1.165) is 10.7 Å². The number of rotatable bonds is 8. The molecule has 0 aliphatic rings. The largest absolute Gasteiger partial charge is 0.469 e. The van der Waals surface area contributed by atoms with Crippen molar-refractivity contribution in [1.82, 2.24) is 40.0 Å². The molecular weight excluding hydrogens is 445 g/mol. The predicted octanol–water partition coefficient (Wildman–Crippen LogP) is 2.39. The van der Waals surface area contributed by atoms with Gasteiger partial charge in [0.25, 0.3) is 12.3 Å². The summed E-state index contributed by atoms with van der Waals surface area (Å²) in [5.74, 6) is -2.51. The summed E-state index contributed by atoms with van der Waals surface area (Å²) < 4.78 is 72.3. The van der Waals surface area contributed by atoms with Crippen molar-refractivity contribution in [1.29, 1.82) is 0 Å². The van der Waals surface area contributed by atoms with E-state index in [1.165, 1.54) is 11.7 Å². The van der Waals surface area contributed by atoms with Crippen LogP contribution in [-0.4, -0.2) is 45.9 Å². The summed E-state index contributed by atoms with van der Waals surface area (Å²) in [5, 5.41) is 16.8. The summed E-state index contributed by atoms with van der Waals surface area (Å²) >= 11 is 0. The van der Waals surface area contributed by atoms with Gasteiger partial charge in [0, 0.05) is 13.6 Å². The van der Waals surface area contributed by atoms with E-state index in [9.17, 15) is 26.7 Å². The van der Waals surface area contributed by atoms with Crippen LogP contribution in [0.4, 0.5) is 27.9 Å². The Kier molecular flexibility index (Phi) is 6.59. The number of pyridine rings is 1. The van der Waals surface area contributed by atoms with Crippen LogP contribution in [0.25, 0.3) is 0 Å². The molecule has 3 aromatic rings. The van der Waals surface area contributed by atoms with Gasteiger partial charge in [-0.3, -0.25) is 10.1 Å². The molecule has 0 spiro atoms. The van der Waals surface area contributed by atoms with Crippen molar-refractivity contribution in [3.8, 4) is 5.88 Å².